The highest BCUT2D eigenvalue weighted by molar-refractivity contribution is 5.55. The molecule has 1 aromatic rings. The van der Waals surface area contributed by atoms with Crippen LogP contribution in [-0.2, 0) is 11.3 Å². The SMILES string of the molecule is CCNCc1cccc(F)c1N(CCO)CCOC. The first-order valence-electron chi connectivity index (χ1n) is 6.57. The number of nitrogens with zero attached hydrogens (tertiary/aromatic N) is 1. The number of benzene rings is 1. The quantitative estimate of drug-likeness (QED) is 0.711. The highest BCUT2D eigenvalue weighted by atomic mass is 19.1. The molecule has 2 N–H and O–H groups in total. The molecule has 0 unspecified atom stereocenters. The molecule has 1 aromatic carbocycles. The fourth-order valence-corrected chi connectivity index (χ4v) is 1.97. The number of rotatable bonds is 9. The summed E-state index contributed by atoms with van der Waals surface area (Å²) in [6.07, 6.45) is 0. The molecule has 19 heavy (non-hydrogen) atoms. The van der Waals surface area contributed by atoms with Crippen LogP contribution < -0.4 is 10.2 Å². The maximum absolute atomic E-state index is 14.1. The summed E-state index contributed by atoms with van der Waals surface area (Å²) >= 11 is 0. The molecule has 4 nitrogen and oxygen atoms in total. The van der Waals surface area contributed by atoms with Crippen LogP contribution in [0, 0.1) is 5.82 Å². The van der Waals surface area contributed by atoms with Crippen molar-refractivity contribution in [2.45, 2.75) is 13.5 Å². The van der Waals surface area contributed by atoms with Gasteiger partial charge >= 0.3 is 0 Å². The summed E-state index contributed by atoms with van der Waals surface area (Å²) < 4.78 is 19.1. The van der Waals surface area contributed by atoms with Crippen LogP contribution in [-0.4, -0.2) is 45.1 Å². The Labute approximate surface area is 114 Å². The van der Waals surface area contributed by atoms with Crippen molar-refractivity contribution in [3.63, 3.8) is 0 Å². The van der Waals surface area contributed by atoms with Crippen molar-refractivity contribution in [1.82, 2.24) is 5.32 Å². The van der Waals surface area contributed by atoms with E-state index in [1.54, 1.807) is 13.2 Å². The van der Waals surface area contributed by atoms with Crippen molar-refractivity contribution in [3.8, 4) is 0 Å². The summed E-state index contributed by atoms with van der Waals surface area (Å²) in [5, 5.41) is 12.3. The van der Waals surface area contributed by atoms with Gasteiger partial charge in [0.1, 0.15) is 5.82 Å². The molecular weight excluding hydrogens is 247 g/mol. The molecule has 0 heterocycles. The van der Waals surface area contributed by atoms with Gasteiger partial charge in [-0.2, -0.15) is 0 Å². The number of aliphatic hydroxyl groups is 1. The average molecular weight is 270 g/mol. The van der Waals surface area contributed by atoms with E-state index >= 15 is 0 Å². The number of ether oxygens (including phenoxy) is 1. The number of nitrogens with one attached hydrogen (secondary N) is 1. The second-order valence-electron chi connectivity index (χ2n) is 4.23. The van der Waals surface area contributed by atoms with Crippen LogP contribution in [0.2, 0.25) is 0 Å². The van der Waals surface area contributed by atoms with E-state index < -0.39 is 0 Å². The minimum Gasteiger partial charge on any atom is -0.395 e. The zero-order valence-electron chi connectivity index (χ0n) is 11.7. The van der Waals surface area contributed by atoms with E-state index in [0.29, 0.717) is 31.9 Å². The third kappa shape index (κ3) is 4.78. The zero-order valence-corrected chi connectivity index (χ0v) is 11.7. The summed E-state index contributed by atoms with van der Waals surface area (Å²) in [6, 6.07) is 5.05. The van der Waals surface area contributed by atoms with Crippen LogP contribution in [0.3, 0.4) is 0 Å². The predicted octanol–water partition coefficient (Wildman–Crippen LogP) is 1.38. The van der Waals surface area contributed by atoms with Crippen LogP contribution >= 0.6 is 0 Å². The monoisotopic (exact) mass is 270 g/mol. The second kappa shape index (κ2) is 8.85. The maximum Gasteiger partial charge on any atom is 0.146 e. The van der Waals surface area contributed by atoms with Crippen LogP contribution in [0.4, 0.5) is 10.1 Å². The van der Waals surface area contributed by atoms with Crippen molar-refractivity contribution < 1.29 is 14.2 Å². The summed E-state index contributed by atoms with van der Waals surface area (Å²) in [5.74, 6) is -0.264. The van der Waals surface area contributed by atoms with Gasteiger partial charge in [-0.3, -0.25) is 0 Å². The molecule has 0 atom stereocenters. The normalized spacial score (nSPS) is 10.7. The highest BCUT2D eigenvalue weighted by Gasteiger charge is 2.15. The molecule has 1 rings (SSSR count). The van der Waals surface area contributed by atoms with Gasteiger partial charge < -0.3 is 20.1 Å². The molecule has 0 spiro atoms. The molecule has 0 aliphatic heterocycles. The smallest absolute Gasteiger partial charge is 0.146 e. The van der Waals surface area contributed by atoms with E-state index in [1.165, 1.54) is 6.07 Å². The lowest BCUT2D eigenvalue weighted by Crippen LogP contribution is -2.32. The maximum atomic E-state index is 14.1. The van der Waals surface area contributed by atoms with Crippen molar-refractivity contribution in [1.29, 1.82) is 0 Å². The Kier molecular flexibility index (Phi) is 7.40. The third-order valence-corrected chi connectivity index (χ3v) is 2.89. The van der Waals surface area contributed by atoms with Gasteiger partial charge in [-0.25, -0.2) is 4.39 Å². The van der Waals surface area contributed by atoms with E-state index in [2.05, 4.69) is 5.32 Å². The Bertz CT molecular complexity index is 374. The van der Waals surface area contributed by atoms with Gasteiger partial charge in [-0.1, -0.05) is 19.1 Å². The molecular formula is C14H23FN2O2. The summed E-state index contributed by atoms with van der Waals surface area (Å²) in [4.78, 5) is 1.82. The zero-order chi connectivity index (χ0) is 14.1. The Morgan fingerprint density at radius 1 is 1.37 bits per heavy atom. The first-order chi connectivity index (χ1) is 9.24. The Balaban J connectivity index is 2.97. The number of aliphatic hydroxyl groups excluding tert-OH is 1. The fourth-order valence-electron chi connectivity index (χ4n) is 1.97. The number of halogens is 1. The largest absolute Gasteiger partial charge is 0.395 e. The third-order valence-electron chi connectivity index (χ3n) is 2.89. The number of hydrogen-bond donors (Lipinski definition) is 2. The van der Waals surface area contributed by atoms with Gasteiger partial charge in [0, 0.05) is 26.7 Å². The molecule has 108 valence electrons. The minimum atomic E-state index is -0.264. The van der Waals surface area contributed by atoms with Gasteiger partial charge in [0.2, 0.25) is 0 Å². The van der Waals surface area contributed by atoms with E-state index in [4.69, 9.17) is 9.84 Å². The molecule has 0 amide bonds. The first-order valence-corrected chi connectivity index (χ1v) is 6.57. The Morgan fingerprint density at radius 2 is 2.16 bits per heavy atom. The van der Waals surface area contributed by atoms with E-state index in [1.807, 2.05) is 17.9 Å². The molecule has 0 fully saturated rings. The summed E-state index contributed by atoms with van der Waals surface area (Å²) in [7, 11) is 1.61. The number of hydrogen-bond acceptors (Lipinski definition) is 4. The summed E-state index contributed by atoms with van der Waals surface area (Å²) in [5.41, 5.74) is 1.45. The van der Waals surface area contributed by atoms with Gasteiger partial charge in [-0.05, 0) is 18.2 Å². The van der Waals surface area contributed by atoms with Gasteiger partial charge in [0.25, 0.3) is 0 Å². The van der Waals surface area contributed by atoms with E-state index in [-0.39, 0.29) is 12.4 Å². The lowest BCUT2D eigenvalue weighted by Gasteiger charge is -2.26. The average Bonchev–Trinajstić information content (AvgIpc) is 2.41. The first kappa shape index (κ1) is 15.9. The lowest BCUT2D eigenvalue weighted by molar-refractivity contribution is 0.202. The van der Waals surface area contributed by atoms with Crippen LogP contribution in [0.25, 0.3) is 0 Å². The predicted molar refractivity (Wildman–Crippen MR) is 75.0 cm³/mol. The Morgan fingerprint density at radius 3 is 2.79 bits per heavy atom. The van der Waals surface area contributed by atoms with Crippen LogP contribution in [0.1, 0.15) is 12.5 Å². The fraction of sp³-hybridized carbons (Fsp3) is 0.571. The van der Waals surface area contributed by atoms with Crippen molar-refractivity contribution in [2.75, 3.05) is 44.9 Å². The molecule has 5 heteroatoms. The van der Waals surface area contributed by atoms with Crippen molar-refractivity contribution >= 4 is 5.69 Å². The molecule has 0 saturated carbocycles. The molecule has 0 bridgehead atoms. The van der Waals surface area contributed by atoms with Crippen molar-refractivity contribution in [2.24, 2.45) is 0 Å². The van der Waals surface area contributed by atoms with Gasteiger partial charge in [0.15, 0.2) is 0 Å². The number of para-hydroxylation sites is 1. The molecule has 0 aromatic heterocycles. The van der Waals surface area contributed by atoms with Gasteiger partial charge in [-0.15, -0.1) is 0 Å². The van der Waals surface area contributed by atoms with Crippen LogP contribution in [0.15, 0.2) is 18.2 Å². The standard InChI is InChI=1S/C14H23FN2O2/c1-3-16-11-12-5-4-6-13(15)14(12)17(7-9-18)8-10-19-2/h4-6,16,18H,3,7-11H2,1-2H3. The van der Waals surface area contributed by atoms with E-state index in [0.717, 1.165) is 12.1 Å². The molecule has 0 saturated heterocycles. The van der Waals surface area contributed by atoms with Crippen LogP contribution in [0.5, 0.6) is 0 Å². The topological polar surface area (TPSA) is 44.7 Å². The summed E-state index contributed by atoms with van der Waals surface area (Å²) in [6.45, 7) is 4.87. The molecule has 0 radical (unpaired) electrons. The number of anilines is 1. The highest BCUT2D eigenvalue weighted by Crippen LogP contribution is 2.24. The Hall–Kier alpha value is -1.17. The molecule has 0 aliphatic rings. The molecule has 0 aliphatic carbocycles. The number of methoxy groups -OCH3 is 1. The minimum absolute atomic E-state index is 0.0152. The lowest BCUT2D eigenvalue weighted by atomic mass is 10.1. The van der Waals surface area contributed by atoms with Crippen molar-refractivity contribution in [3.05, 3.63) is 29.6 Å². The van der Waals surface area contributed by atoms with E-state index in [9.17, 15) is 4.39 Å². The second-order valence-corrected chi connectivity index (χ2v) is 4.23. The van der Waals surface area contributed by atoms with Gasteiger partial charge in [0.05, 0.1) is 18.9 Å².